The summed E-state index contributed by atoms with van der Waals surface area (Å²) in [5.41, 5.74) is 7.48. The van der Waals surface area contributed by atoms with E-state index in [0.717, 1.165) is 45.0 Å². The van der Waals surface area contributed by atoms with Crippen molar-refractivity contribution in [2.45, 2.75) is 0 Å². The van der Waals surface area contributed by atoms with Gasteiger partial charge in [0.05, 0.1) is 22.8 Å². The fourth-order valence-electron chi connectivity index (χ4n) is 9.35. The molecule has 1 aliphatic heterocycles. The van der Waals surface area contributed by atoms with E-state index in [4.69, 9.17) is 19.9 Å². The largest absolute Gasteiger partial charge is 0.346 e. The van der Waals surface area contributed by atoms with E-state index < -0.39 is 16.8 Å². The quantitative estimate of drug-likeness (QED) is 0.128. The normalized spacial score (nSPS) is 13.8. The number of benzene rings is 8. The minimum Gasteiger partial charge on any atom is -0.346 e. The summed E-state index contributed by atoms with van der Waals surface area (Å²) in [4.78, 5) is 22.9. The zero-order valence-corrected chi connectivity index (χ0v) is 36.9. The topological polar surface area (TPSA) is 58.0 Å². The Morgan fingerprint density at radius 3 is 0.625 bits per heavy atom. The van der Waals surface area contributed by atoms with Crippen LogP contribution in [0.3, 0.4) is 0 Å². The van der Waals surface area contributed by atoms with Gasteiger partial charge in [0.1, 0.15) is 0 Å². The third-order valence-electron chi connectivity index (χ3n) is 12.1. The van der Waals surface area contributed by atoms with Crippen molar-refractivity contribution < 1.29 is 0 Å². The number of hydrogen-bond donors (Lipinski definition) is 0. The lowest BCUT2D eigenvalue weighted by Crippen LogP contribution is -3.08. The highest BCUT2D eigenvalue weighted by Crippen LogP contribution is 2.45. The van der Waals surface area contributed by atoms with Crippen LogP contribution in [0.25, 0.3) is 45.0 Å². The second-order valence-electron chi connectivity index (χ2n) is 15.8. The molecule has 10 aromatic rings. The molecule has 0 unspecified atom stereocenters. The van der Waals surface area contributed by atoms with E-state index in [2.05, 4.69) is 263 Å². The van der Waals surface area contributed by atoms with Gasteiger partial charge in [-0.2, -0.15) is 0 Å². The smallest absolute Gasteiger partial charge is 0.323 e. The summed E-state index contributed by atoms with van der Waals surface area (Å²) in [7, 11) is -7.11. The van der Waals surface area contributed by atoms with Gasteiger partial charge < -0.3 is 8.46 Å². The molecule has 0 aliphatic carbocycles. The van der Waals surface area contributed by atoms with E-state index in [-0.39, 0.29) is 0 Å². The first kappa shape index (κ1) is 38.8. The molecule has 0 bridgehead atoms. The maximum atomic E-state index is 5.72. The molecule has 1 fully saturated rings. The first-order valence-corrected chi connectivity index (χ1v) is 25.4. The van der Waals surface area contributed by atoms with Crippen molar-refractivity contribution in [3.63, 3.8) is 0 Å². The van der Waals surface area contributed by atoms with Crippen LogP contribution in [0.1, 0.15) is 0 Å². The van der Waals surface area contributed by atoms with E-state index in [1.54, 1.807) is 0 Å². The van der Waals surface area contributed by atoms with Gasteiger partial charge in [-0.25, -0.2) is 19.9 Å². The molecule has 0 atom stereocenters. The molecular formula is C56H42N6Si2. The Labute approximate surface area is 375 Å². The van der Waals surface area contributed by atoms with Gasteiger partial charge in [0, 0.05) is 22.3 Å². The average Bonchev–Trinajstić information content (AvgIpc) is 3.38. The molecule has 0 spiro atoms. The van der Waals surface area contributed by atoms with Crippen molar-refractivity contribution >= 4 is 49.4 Å². The molecule has 304 valence electrons. The lowest BCUT2D eigenvalue weighted by Gasteiger charge is -2.70. The van der Waals surface area contributed by atoms with Gasteiger partial charge in [0.25, 0.3) is 0 Å². The van der Waals surface area contributed by atoms with Crippen molar-refractivity contribution in [3.05, 3.63) is 255 Å². The van der Waals surface area contributed by atoms with Crippen LogP contribution < -0.4 is 29.2 Å². The molecule has 64 heavy (non-hydrogen) atoms. The summed E-state index contributed by atoms with van der Waals surface area (Å²) >= 11 is 0. The fourth-order valence-corrected chi connectivity index (χ4v) is 24.1. The van der Waals surface area contributed by atoms with Gasteiger partial charge in [-0.3, -0.25) is 0 Å². The first-order chi connectivity index (χ1) is 31.7. The molecule has 11 rings (SSSR count). The highest BCUT2D eigenvalue weighted by molar-refractivity contribution is 7.38. The van der Waals surface area contributed by atoms with Crippen molar-refractivity contribution in [3.8, 4) is 45.0 Å². The Morgan fingerprint density at radius 2 is 0.422 bits per heavy atom. The minimum absolute atomic E-state index is 0.665. The van der Waals surface area contributed by atoms with Crippen molar-refractivity contribution in [2.75, 3.05) is 8.46 Å². The van der Waals surface area contributed by atoms with Crippen LogP contribution >= 0.6 is 0 Å². The Hall–Kier alpha value is -8.05. The zero-order chi connectivity index (χ0) is 42.8. The molecule has 0 radical (unpaired) electrons. The third-order valence-corrected chi connectivity index (χ3v) is 23.9. The molecule has 0 N–H and O–H groups in total. The van der Waals surface area contributed by atoms with Gasteiger partial charge in [-0.05, 0) is 32.9 Å². The summed E-state index contributed by atoms with van der Waals surface area (Å²) in [6, 6.07) is 90.1. The van der Waals surface area contributed by atoms with Gasteiger partial charge in [-0.1, -0.05) is 243 Å². The van der Waals surface area contributed by atoms with Crippen molar-refractivity contribution in [2.24, 2.45) is 0 Å². The van der Waals surface area contributed by atoms with E-state index in [1.807, 2.05) is 0 Å². The minimum atomic E-state index is -3.55. The lowest BCUT2D eigenvalue weighted by molar-refractivity contribution is 1.04. The standard InChI is InChI=1S/C56H42N6Si2/c1-9-25-43(26-10-1)51-41-52(44-27-11-2-12-28-44)58-55(57-51)61-63(47-33-17-5-18-34-47,48-35-19-6-20-36-48)62(64(61,49-37-21-7-22-38-49)50-39-23-8-24-40-50)56-59-53(45-29-13-3-14-30-45)42-54(60-56)46-31-15-4-16-32-46/h1-42H. The van der Waals surface area contributed by atoms with Crippen LogP contribution in [-0.4, -0.2) is 36.7 Å². The van der Waals surface area contributed by atoms with Gasteiger partial charge >= 0.3 is 16.8 Å². The predicted molar refractivity (Wildman–Crippen MR) is 267 cm³/mol. The lowest BCUT2D eigenvalue weighted by atomic mass is 10.1. The molecule has 2 aromatic heterocycles. The van der Waals surface area contributed by atoms with Gasteiger partial charge in [0.2, 0.25) is 11.9 Å². The van der Waals surface area contributed by atoms with Crippen LogP contribution in [0.15, 0.2) is 255 Å². The van der Waals surface area contributed by atoms with E-state index in [9.17, 15) is 0 Å². The fraction of sp³-hybridized carbons (Fsp3) is 0. The molecule has 0 saturated carbocycles. The molecule has 8 heteroatoms. The Balaban J connectivity index is 1.33. The summed E-state index contributed by atoms with van der Waals surface area (Å²) in [6.07, 6.45) is 0. The number of aromatic nitrogens is 4. The van der Waals surface area contributed by atoms with Crippen LogP contribution in [0.4, 0.5) is 11.9 Å². The summed E-state index contributed by atoms with van der Waals surface area (Å²) in [5, 5.41) is 4.67. The zero-order valence-electron chi connectivity index (χ0n) is 34.9. The maximum Gasteiger partial charge on any atom is 0.323 e. The van der Waals surface area contributed by atoms with Crippen LogP contribution in [-0.2, 0) is 0 Å². The second kappa shape index (κ2) is 16.7. The van der Waals surface area contributed by atoms with Gasteiger partial charge in [-0.15, -0.1) is 0 Å². The monoisotopic (exact) mass is 854 g/mol. The van der Waals surface area contributed by atoms with Gasteiger partial charge in [0.15, 0.2) is 0 Å². The SMILES string of the molecule is c1ccc(-c2cc(-c3ccccc3)nc(N3[Si](c4ccccc4)(c4ccccc4)N(c4nc(-c5ccccc5)cc(-c5ccccc5)n4)[Si]3(c3ccccc3)c3ccccc3)n2)cc1. The highest BCUT2D eigenvalue weighted by Gasteiger charge is 2.77. The molecule has 1 saturated heterocycles. The Morgan fingerprint density at radius 1 is 0.234 bits per heavy atom. The average molecular weight is 855 g/mol. The number of hydrogen-bond acceptors (Lipinski definition) is 6. The number of nitrogens with zero attached hydrogens (tertiary/aromatic N) is 6. The van der Waals surface area contributed by atoms with Crippen molar-refractivity contribution in [1.82, 2.24) is 19.9 Å². The first-order valence-electron chi connectivity index (χ1n) is 21.6. The number of anilines is 2. The molecule has 1 aliphatic rings. The van der Waals surface area contributed by atoms with Crippen LogP contribution in [0, 0.1) is 0 Å². The molecule has 3 heterocycles. The Bertz CT molecular complexity index is 2730. The summed E-state index contributed by atoms with van der Waals surface area (Å²) in [6.45, 7) is 0. The van der Waals surface area contributed by atoms with Crippen molar-refractivity contribution in [1.29, 1.82) is 0 Å². The highest BCUT2D eigenvalue weighted by atomic mass is 28.5. The Kier molecular flexibility index (Phi) is 10.1. The third kappa shape index (κ3) is 6.55. The molecule has 8 aromatic carbocycles. The molecule has 0 amide bonds. The number of rotatable bonds is 10. The maximum absolute atomic E-state index is 5.72. The van der Waals surface area contributed by atoms with E-state index in [0.29, 0.717) is 11.9 Å². The van der Waals surface area contributed by atoms with E-state index in [1.165, 1.54) is 20.7 Å². The summed E-state index contributed by atoms with van der Waals surface area (Å²) < 4.78 is 5.41. The predicted octanol–water partition coefficient (Wildman–Crippen LogP) is 9.77. The summed E-state index contributed by atoms with van der Waals surface area (Å²) in [5.74, 6) is 1.33. The molecular weight excluding hydrogens is 813 g/mol. The van der Waals surface area contributed by atoms with E-state index >= 15 is 0 Å². The van der Waals surface area contributed by atoms with Crippen LogP contribution in [0.5, 0.6) is 0 Å². The van der Waals surface area contributed by atoms with Crippen LogP contribution in [0.2, 0.25) is 0 Å². The second-order valence-corrected chi connectivity index (χ2v) is 23.5. The molecule has 6 nitrogen and oxygen atoms in total.